The van der Waals surface area contributed by atoms with Crippen LogP contribution in [0, 0.1) is 40.8 Å². The average molecular weight is 1890 g/mol. The summed E-state index contributed by atoms with van der Waals surface area (Å²) >= 11 is 6.23. The second-order valence-corrected chi connectivity index (χ2v) is 33.2. The number of hydrogen-bond donors (Lipinski definition) is 11. The molecule has 40 heteroatoms. The lowest BCUT2D eigenvalue weighted by Crippen LogP contribution is -2.40. The molecule has 6 aliphatic heterocycles. The Morgan fingerprint density at radius 3 is 1.12 bits per heavy atom. The van der Waals surface area contributed by atoms with Gasteiger partial charge < -0.3 is 61.9 Å². The molecule has 9 heterocycles. The summed E-state index contributed by atoms with van der Waals surface area (Å²) in [5.74, 6) is -5.88. The van der Waals surface area contributed by atoms with Gasteiger partial charge in [-0.3, -0.25) is 54.8 Å². The first-order valence-corrected chi connectivity index (χ1v) is 42.4. The standard InChI is InChI=1S/C32H27F2N5O5.C23H17F2N5O3.C22H17ClF2N2O3.2C10H11N3O2/c1-32(30(41)37-31(42)38-32)19-10-7-17(8-11-19)13-23-27-24(36-28(35-23)26-21(33)5-4-6-22(26)34)16-39(29(27)40)15-18-9-12-20(43-2)14-25(18)44-3;1-23(21(32)29-22(33)30-23)12-7-5-11(6-8-12)9-15-18-16(10-26-20(18)31)28-19(27-15)17-13(24)3-2-4-14(17)25;1-29-13-7-6-11(17(10-13)30-2)8-12-9-16-19(20(12)28)21(23)27-22(26-16)18-14(24)4-3-5-15(18)25;2*1-10(8(14)12-9(15)13-10)6-2-4-7(11)5-3-6/h4-12,14H,13,15-16H2,1-3H3,(H2,37,38,41,42);2-8H,9-10H2,1H3,(H,26,31)(H2,29,30,32,33);3-7,10,12H,8-9H2,1-2H3;2*2-5H,11H2,1H3,(H2,12,13,14,15)/t32-;23-;;10-;/m00.0./s1. The minimum absolute atomic E-state index is 0.0913. The number of hydrogen-bond acceptors (Lipinski definition) is 23. The van der Waals surface area contributed by atoms with Crippen LogP contribution in [0.5, 0.6) is 23.0 Å². The van der Waals surface area contributed by atoms with E-state index in [0.717, 1.165) is 53.1 Å². The number of nitrogens with two attached hydrogens (primary N) is 2. The van der Waals surface area contributed by atoms with Crippen LogP contribution in [0.25, 0.3) is 34.2 Å². The molecule has 2 unspecified atom stereocenters. The fraction of sp³-hybridized carbons (Fsp3) is 0.206. The Balaban J connectivity index is 0.000000137. The van der Waals surface area contributed by atoms with Crippen molar-refractivity contribution in [3.8, 4) is 57.2 Å². The zero-order valence-corrected chi connectivity index (χ0v) is 74.7. The van der Waals surface area contributed by atoms with Crippen molar-refractivity contribution in [3.05, 3.63) is 318 Å². The number of methoxy groups -OCH3 is 4. The Kier molecular flexibility index (Phi) is 26.6. The van der Waals surface area contributed by atoms with Crippen LogP contribution >= 0.6 is 11.6 Å². The highest BCUT2D eigenvalue weighted by molar-refractivity contribution is 6.33. The molecule has 0 spiro atoms. The van der Waals surface area contributed by atoms with Gasteiger partial charge in [-0.15, -0.1) is 0 Å². The van der Waals surface area contributed by atoms with Crippen LogP contribution in [0.3, 0.4) is 0 Å². The summed E-state index contributed by atoms with van der Waals surface area (Å²) in [7, 11) is 6.17. The number of ether oxygens (including phenoxy) is 4. The highest BCUT2D eigenvalue weighted by Crippen LogP contribution is 2.41. The van der Waals surface area contributed by atoms with Crippen LogP contribution < -0.4 is 78.3 Å². The molecule has 33 nitrogen and oxygen atoms in total. The average Bonchev–Trinajstić information content (AvgIpc) is 1.61. The lowest BCUT2D eigenvalue weighted by atomic mass is 9.91. The molecule has 0 radical (unpaired) electrons. The number of carbonyl (C=O) groups excluding carboxylic acids is 11. The highest BCUT2D eigenvalue weighted by Gasteiger charge is 2.48. The Labute approximate surface area is 781 Å². The van der Waals surface area contributed by atoms with E-state index >= 15 is 0 Å². The number of Topliss-reactive ketones (excluding diaryl/α,β-unsaturated/α-hetero) is 1. The van der Waals surface area contributed by atoms with Crippen molar-refractivity contribution in [2.75, 3.05) is 39.9 Å². The first kappa shape index (κ1) is 94.9. The van der Waals surface area contributed by atoms with Crippen molar-refractivity contribution in [2.24, 2.45) is 5.92 Å². The largest absolute Gasteiger partial charge is 0.497 e. The number of benzene rings is 9. The Hall–Kier alpha value is -16.7. The fourth-order valence-electron chi connectivity index (χ4n) is 16.3. The summed E-state index contributed by atoms with van der Waals surface area (Å²) < 4.78 is 108. The van der Waals surface area contributed by atoms with Gasteiger partial charge in [-0.05, 0) is 152 Å². The lowest BCUT2D eigenvalue weighted by molar-refractivity contribution is -0.124. The molecule has 1 aliphatic carbocycles. The summed E-state index contributed by atoms with van der Waals surface area (Å²) in [6.45, 7) is 6.91. The predicted molar refractivity (Wildman–Crippen MR) is 483 cm³/mol. The maximum atomic E-state index is 14.8. The molecule has 0 saturated carbocycles. The van der Waals surface area contributed by atoms with Gasteiger partial charge in [0.1, 0.15) is 85.2 Å². The monoisotopic (exact) mass is 1890 g/mol. The number of rotatable bonds is 19. The number of aromatic nitrogens is 6. The minimum Gasteiger partial charge on any atom is -0.497 e. The summed E-state index contributed by atoms with van der Waals surface area (Å²) in [6.07, 6.45) is 1.00. The molecule has 3 aromatic heterocycles. The van der Waals surface area contributed by atoms with Gasteiger partial charge in [0, 0.05) is 54.3 Å². The van der Waals surface area contributed by atoms with E-state index in [0.29, 0.717) is 97.1 Å². The number of imide groups is 4. The van der Waals surface area contributed by atoms with Crippen LogP contribution in [-0.4, -0.2) is 129 Å². The quantitative estimate of drug-likeness (QED) is 0.0155. The van der Waals surface area contributed by atoms with Gasteiger partial charge >= 0.3 is 24.1 Å². The molecule has 137 heavy (non-hydrogen) atoms. The molecule has 700 valence electrons. The van der Waals surface area contributed by atoms with Gasteiger partial charge in [0.25, 0.3) is 35.4 Å². The number of fused-ring (bicyclic) bond motifs is 3. The number of halogens is 7. The zero-order valence-electron chi connectivity index (χ0n) is 74.0. The van der Waals surface area contributed by atoms with Gasteiger partial charge in [-0.2, -0.15) is 0 Å². The van der Waals surface area contributed by atoms with Gasteiger partial charge in [-0.25, -0.2) is 75.4 Å². The molecule has 13 N–H and O–H groups in total. The third-order valence-corrected chi connectivity index (χ3v) is 24.2. The number of nitrogens with zero attached hydrogens (tertiary/aromatic N) is 7. The zero-order chi connectivity index (χ0) is 98.0. The van der Waals surface area contributed by atoms with Crippen LogP contribution in [0.2, 0.25) is 5.15 Å². The molecule has 9 aromatic carbocycles. The second-order valence-electron chi connectivity index (χ2n) is 32.9. The summed E-state index contributed by atoms with van der Waals surface area (Å²) in [5, 5.41) is 21.8. The van der Waals surface area contributed by atoms with Gasteiger partial charge in [0.05, 0.1) is 110 Å². The summed E-state index contributed by atoms with van der Waals surface area (Å²) in [4.78, 5) is 160. The highest BCUT2D eigenvalue weighted by atomic mass is 35.5. The smallest absolute Gasteiger partial charge is 0.322 e. The van der Waals surface area contributed by atoms with E-state index in [1.54, 1.807) is 181 Å². The lowest BCUT2D eigenvalue weighted by Gasteiger charge is -2.21. The molecule has 4 fully saturated rings. The van der Waals surface area contributed by atoms with E-state index in [1.165, 1.54) is 25.3 Å². The SMILES string of the molecule is CC1(c2ccc(N)cc2)NC(=O)NC1=O.COc1ccc(CC2Cc3nc(-c4c(F)cccc4F)nc(Cl)c3C2=O)c(OC)c1.COc1ccc(CN2Cc3nc(-c4c(F)cccc4F)nc(Cc4ccc([C@]5(C)NC(=O)NC5=O)cc4)c3C2=O)c(OC)c1.C[C@@]1(c2ccc(Cc3nc(-c4c(F)cccc4F)nc4c3C(=O)NC4)cc2)NC(=O)NC1=O.C[C@@]1(c2ccc(N)cc2)NC(=O)NC1=O. The van der Waals surface area contributed by atoms with E-state index in [9.17, 15) is 79.1 Å². The molecular weight excluding hydrogens is 1810 g/mol. The van der Waals surface area contributed by atoms with Crippen molar-refractivity contribution in [1.82, 2.24) is 82.7 Å². The first-order valence-electron chi connectivity index (χ1n) is 42.0. The molecule has 0 bridgehead atoms. The van der Waals surface area contributed by atoms with Gasteiger partial charge in [-0.1, -0.05) is 109 Å². The van der Waals surface area contributed by atoms with E-state index in [1.807, 2.05) is 6.07 Å². The number of carbonyl (C=O) groups is 11. The number of anilines is 2. The van der Waals surface area contributed by atoms with Crippen molar-refractivity contribution in [1.29, 1.82) is 0 Å². The number of nitrogen functional groups attached to an aromatic ring is 2. The van der Waals surface area contributed by atoms with Crippen LogP contribution in [-0.2, 0) is 86.7 Å². The van der Waals surface area contributed by atoms with Crippen LogP contribution in [0.15, 0.2) is 188 Å². The van der Waals surface area contributed by atoms with E-state index in [4.69, 9.17) is 42.0 Å². The maximum Gasteiger partial charge on any atom is 0.322 e. The Bertz CT molecular complexity index is 6830. The number of ketones is 1. The van der Waals surface area contributed by atoms with E-state index in [2.05, 4.69) is 77.8 Å². The molecule has 12 aromatic rings. The maximum absolute atomic E-state index is 14.8. The van der Waals surface area contributed by atoms with Crippen LogP contribution in [0.4, 0.5) is 56.9 Å². The van der Waals surface area contributed by atoms with Crippen molar-refractivity contribution < 1.29 is 98.0 Å². The van der Waals surface area contributed by atoms with Crippen molar-refractivity contribution in [2.45, 2.75) is 95.2 Å². The van der Waals surface area contributed by atoms with Crippen molar-refractivity contribution in [3.63, 3.8) is 0 Å². The third-order valence-electron chi connectivity index (χ3n) is 23.9. The molecular formula is C97H83ClF6N18O15. The summed E-state index contributed by atoms with van der Waals surface area (Å²) in [6, 6.07) is 46.5. The number of urea groups is 4. The first-order chi connectivity index (χ1) is 65.3. The van der Waals surface area contributed by atoms with Crippen LogP contribution in [0.1, 0.15) is 132 Å². The molecule has 4 saturated heterocycles. The van der Waals surface area contributed by atoms with Gasteiger partial charge in [0.2, 0.25) is 0 Å². The predicted octanol–water partition coefficient (Wildman–Crippen LogP) is 11.9. The van der Waals surface area contributed by atoms with E-state index < -0.39 is 98.9 Å². The normalized spacial score (nSPS) is 19.0. The molecule has 19 rings (SSSR count). The van der Waals surface area contributed by atoms with Gasteiger partial charge in [0.15, 0.2) is 23.3 Å². The second kappa shape index (κ2) is 38.5. The molecule has 14 amide bonds. The van der Waals surface area contributed by atoms with Crippen molar-refractivity contribution >= 4 is 88.3 Å². The third kappa shape index (κ3) is 19.2. The Morgan fingerprint density at radius 2 is 0.752 bits per heavy atom. The minimum atomic E-state index is -1.24. The topological polar surface area (TPSA) is 466 Å². The van der Waals surface area contributed by atoms with E-state index in [-0.39, 0.29) is 124 Å². The fourth-order valence-corrected chi connectivity index (χ4v) is 16.6. The number of nitrogens with one attached hydrogen (secondary N) is 9. The molecule has 5 atom stereocenters. The summed E-state index contributed by atoms with van der Waals surface area (Å²) in [5.41, 5.74) is 14.9. The molecule has 7 aliphatic rings. The number of amides is 14. The Morgan fingerprint density at radius 1 is 0.401 bits per heavy atom.